The van der Waals surface area contributed by atoms with E-state index in [1.807, 2.05) is 26.1 Å². The summed E-state index contributed by atoms with van der Waals surface area (Å²) in [4.78, 5) is 4.12. The van der Waals surface area contributed by atoms with Crippen molar-refractivity contribution in [1.29, 1.82) is 0 Å². The predicted molar refractivity (Wildman–Crippen MR) is 67.9 cm³/mol. The summed E-state index contributed by atoms with van der Waals surface area (Å²) in [7, 11) is 0. The molecule has 0 radical (unpaired) electrons. The van der Waals surface area contributed by atoms with Crippen LogP contribution in [0.15, 0.2) is 24.5 Å². The van der Waals surface area contributed by atoms with E-state index in [2.05, 4.69) is 16.4 Å². The molecule has 1 aliphatic carbocycles. The lowest BCUT2D eigenvalue weighted by atomic mass is 10.2. The third-order valence-electron chi connectivity index (χ3n) is 3.67. The maximum absolute atomic E-state index is 5.97. The van der Waals surface area contributed by atoms with Gasteiger partial charge in [-0.15, -0.1) is 0 Å². The third-order valence-corrected chi connectivity index (χ3v) is 3.67. The largest absolute Gasteiger partial charge is 0.345 e. The molecule has 1 aliphatic heterocycles. The van der Waals surface area contributed by atoms with Gasteiger partial charge in [-0.25, -0.2) is 0 Å². The zero-order valence-corrected chi connectivity index (χ0v) is 10.9. The van der Waals surface area contributed by atoms with Crippen LogP contribution in [0, 0.1) is 0 Å². The molecule has 4 nitrogen and oxygen atoms in total. The molecule has 0 bridgehead atoms. The van der Waals surface area contributed by atoms with E-state index in [9.17, 15) is 0 Å². The first kappa shape index (κ1) is 12.1. The van der Waals surface area contributed by atoms with Gasteiger partial charge in [0.05, 0.1) is 6.10 Å². The highest BCUT2D eigenvalue weighted by molar-refractivity contribution is 5.09. The third kappa shape index (κ3) is 2.41. The Morgan fingerprint density at radius 2 is 2.28 bits per heavy atom. The van der Waals surface area contributed by atoms with Gasteiger partial charge in [-0.1, -0.05) is 6.07 Å². The molecule has 1 aromatic heterocycles. The highest BCUT2D eigenvalue weighted by atomic mass is 16.8. The number of nitrogens with one attached hydrogen (secondary N) is 1. The van der Waals surface area contributed by atoms with Gasteiger partial charge in [0, 0.05) is 25.0 Å². The summed E-state index contributed by atoms with van der Waals surface area (Å²) in [5.74, 6) is -0.427. The molecule has 0 amide bonds. The van der Waals surface area contributed by atoms with Gasteiger partial charge in [0.2, 0.25) is 0 Å². The van der Waals surface area contributed by atoms with Crippen LogP contribution in [0.2, 0.25) is 0 Å². The van der Waals surface area contributed by atoms with Gasteiger partial charge in [0.1, 0.15) is 6.10 Å². The van der Waals surface area contributed by atoms with Crippen LogP contribution >= 0.6 is 0 Å². The van der Waals surface area contributed by atoms with Crippen LogP contribution in [-0.4, -0.2) is 29.0 Å². The van der Waals surface area contributed by atoms with Gasteiger partial charge in [-0.05, 0) is 38.3 Å². The van der Waals surface area contributed by atoms with E-state index in [1.165, 1.54) is 5.56 Å². The fourth-order valence-electron chi connectivity index (χ4n) is 2.91. The minimum absolute atomic E-state index is 0.191. The summed E-state index contributed by atoms with van der Waals surface area (Å²) < 4.78 is 11.9. The molecule has 1 N–H and O–H groups in total. The van der Waals surface area contributed by atoms with E-state index in [0.29, 0.717) is 6.04 Å². The van der Waals surface area contributed by atoms with Crippen molar-refractivity contribution in [2.45, 2.75) is 57.3 Å². The van der Waals surface area contributed by atoms with Crippen molar-refractivity contribution in [2.75, 3.05) is 0 Å². The maximum atomic E-state index is 5.97. The van der Waals surface area contributed by atoms with Crippen molar-refractivity contribution in [3.05, 3.63) is 30.1 Å². The zero-order chi connectivity index (χ0) is 12.6. The molecular formula is C14H20N2O2. The Labute approximate surface area is 108 Å². The minimum atomic E-state index is -0.427. The summed E-state index contributed by atoms with van der Waals surface area (Å²) in [6, 6.07) is 4.44. The first-order valence-corrected chi connectivity index (χ1v) is 6.62. The number of hydrogen-bond acceptors (Lipinski definition) is 4. The molecule has 1 saturated heterocycles. The summed E-state index contributed by atoms with van der Waals surface area (Å²) in [6.45, 7) is 4.82. The van der Waals surface area contributed by atoms with Gasteiger partial charge >= 0.3 is 0 Å². The van der Waals surface area contributed by atoms with E-state index in [0.717, 1.165) is 19.4 Å². The Balaban J connectivity index is 1.58. The van der Waals surface area contributed by atoms with E-state index < -0.39 is 5.79 Å². The van der Waals surface area contributed by atoms with Crippen LogP contribution in [-0.2, 0) is 16.0 Å². The van der Waals surface area contributed by atoms with Gasteiger partial charge < -0.3 is 14.8 Å². The SMILES string of the molecule is CC1(C)O[C@@H]2CCC(NCc3cccnc3)[C@@H]2O1. The lowest BCUT2D eigenvalue weighted by Gasteiger charge is -2.22. The van der Waals surface area contributed by atoms with E-state index >= 15 is 0 Å². The number of aromatic nitrogens is 1. The topological polar surface area (TPSA) is 43.4 Å². The molecule has 4 heteroatoms. The quantitative estimate of drug-likeness (QED) is 0.886. The first-order chi connectivity index (χ1) is 8.64. The number of rotatable bonds is 3. The molecule has 1 unspecified atom stereocenters. The normalized spacial score (nSPS) is 33.6. The fraction of sp³-hybridized carbons (Fsp3) is 0.643. The molecule has 18 heavy (non-hydrogen) atoms. The van der Waals surface area contributed by atoms with Crippen LogP contribution in [0.4, 0.5) is 0 Å². The average molecular weight is 248 g/mol. The standard InChI is InChI=1S/C14H20N2O2/c1-14(2)17-12-6-5-11(13(12)18-14)16-9-10-4-3-7-15-8-10/h3-4,7-8,11-13,16H,5-6,9H2,1-2H3/t11?,12-,13+/m1/s1. The summed E-state index contributed by atoms with van der Waals surface area (Å²) in [6.07, 6.45) is 6.34. The van der Waals surface area contributed by atoms with E-state index in [4.69, 9.17) is 9.47 Å². The minimum Gasteiger partial charge on any atom is -0.345 e. The Bertz CT molecular complexity index is 408. The number of nitrogens with zero attached hydrogens (tertiary/aromatic N) is 1. The second kappa shape index (κ2) is 4.61. The predicted octanol–water partition coefficient (Wildman–Crippen LogP) is 1.85. The Morgan fingerprint density at radius 3 is 3.06 bits per heavy atom. The van der Waals surface area contributed by atoms with Crippen molar-refractivity contribution in [3.63, 3.8) is 0 Å². The summed E-state index contributed by atoms with van der Waals surface area (Å²) in [5.41, 5.74) is 1.21. The monoisotopic (exact) mass is 248 g/mol. The molecule has 98 valence electrons. The van der Waals surface area contributed by atoms with Crippen LogP contribution < -0.4 is 5.32 Å². The highest BCUT2D eigenvalue weighted by Crippen LogP contribution is 2.38. The molecular weight excluding hydrogens is 228 g/mol. The Morgan fingerprint density at radius 1 is 1.39 bits per heavy atom. The van der Waals surface area contributed by atoms with Gasteiger partial charge in [-0.3, -0.25) is 4.98 Å². The molecule has 3 atom stereocenters. The second-order valence-electron chi connectivity index (χ2n) is 5.56. The van der Waals surface area contributed by atoms with Gasteiger partial charge in [0.25, 0.3) is 0 Å². The van der Waals surface area contributed by atoms with E-state index in [-0.39, 0.29) is 12.2 Å². The van der Waals surface area contributed by atoms with Crippen molar-refractivity contribution >= 4 is 0 Å². The highest BCUT2D eigenvalue weighted by Gasteiger charge is 2.48. The van der Waals surface area contributed by atoms with Crippen LogP contribution in [0.3, 0.4) is 0 Å². The van der Waals surface area contributed by atoms with Crippen molar-refractivity contribution < 1.29 is 9.47 Å². The molecule has 2 aliphatic rings. The van der Waals surface area contributed by atoms with Crippen LogP contribution in [0.25, 0.3) is 0 Å². The van der Waals surface area contributed by atoms with Crippen LogP contribution in [0.5, 0.6) is 0 Å². The van der Waals surface area contributed by atoms with Crippen molar-refractivity contribution in [3.8, 4) is 0 Å². The van der Waals surface area contributed by atoms with Gasteiger partial charge in [-0.2, -0.15) is 0 Å². The number of pyridine rings is 1. The zero-order valence-electron chi connectivity index (χ0n) is 10.9. The number of fused-ring (bicyclic) bond motifs is 1. The molecule has 2 fully saturated rings. The Hall–Kier alpha value is -0.970. The lowest BCUT2D eigenvalue weighted by molar-refractivity contribution is -0.153. The van der Waals surface area contributed by atoms with Crippen molar-refractivity contribution in [1.82, 2.24) is 10.3 Å². The molecule has 1 aromatic rings. The number of ether oxygens (including phenoxy) is 2. The molecule has 3 rings (SSSR count). The van der Waals surface area contributed by atoms with Crippen molar-refractivity contribution in [2.24, 2.45) is 0 Å². The smallest absolute Gasteiger partial charge is 0.163 e. The average Bonchev–Trinajstić information content (AvgIpc) is 2.83. The molecule has 0 spiro atoms. The lowest BCUT2D eigenvalue weighted by Crippen LogP contribution is -2.39. The fourth-order valence-corrected chi connectivity index (χ4v) is 2.91. The molecule has 0 aromatic carbocycles. The first-order valence-electron chi connectivity index (χ1n) is 6.62. The summed E-state index contributed by atoms with van der Waals surface area (Å²) in [5, 5.41) is 3.56. The van der Waals surface area contributed by atoms with E-state index in [1.54, 1.807) is 6.20 Å². The molecule has 2 heterocycles. The van der Waals surface area contributed by atoms with Gasteiger partial charge in [0.15, 0.2) is 5.79 Å². The number of hydrogen-bond donors (Lipinski definition) is 1. The molecule has 1 saturated carbocycles. The maximum Gasteiger partial charge on any atom is 0.163 e. The van der Waals surface area contributed by atoms with Crippen LogP contribution in [0.1, 0.15) is 32.3 Å². The second-order valence-corrected chi connectivity index (χ2v) is 5.56. The Kier molecular flexibility index (Phi) is 3.09. The summed E-state index contributed by atoms with van der Waals surface area (Å²) >= 11 is 0.